The maximum Gasteiger partial charge on any atom is 0.229 e. The van der Waals surface area contributed by atoms with Crippen molar-refractivity contribution < 1.29 is 9.47 Å². The highest BCUT2D eigenvalue weighted by molar-refractivity contribution is 5.84. The lowest BCUT2D eigenvalue weighted by Gasteiger charge is -2.23. The first-order valence-corrected chi connectivity index (χ1v) is 8.66. The highest BCUT2D eigenvalue weighted by Gasteiger charge is 2.22. The molecule has 9 heteroatoms. The monoisotopic (exact) mass is 373 g/mol. The van der Waals surface area contributed by atoms with Gasteiger partial charge in [-0.1, -0.05) is 0 Å². The lowest BCUT2D eigenvalue weighted by atomic mass is 10.1. The van der Waals surface area contributed by atoms with Crippen LogP contribution in [0.25, 0.3) is 22.2 Å². The molecule has 28 heavy (non-hydrogen) atoms. The lowest BCUT2D eigenvalue weighted by molar-refractivity contribution is 0.173. The van der Waals surface area contributed by atoms with E-state index in [2.05, 4.69) is 31.4 Å². The number of ether oxygens (including phenoxy) is 2. The van der Waals surface area contributed by atoms with Gasteiger partial charge < -0.3 is 19.8 Å². The third-order valence-corrected chi connectivity index (χ3v) is 4.50. The Hall–Kier alpha value is -4.06. The maximum atomic E-state index is 9.11. The Morgan fingerprint density at radius 1 is 1.21 bits per heavy atom. The largest absolute Gasteiger partial charge is 0.485 e. The van der Waals surface area contributed by atoms with Crippen LogP contribution in [-0.4, -0.2) is 37.9 Å². The highest BCUT2D eigenvalue weighted by Crippen LogP contribution is 2.45. The summed E-state index contributed by atoms with van der Waals surface area (Å²) in [7, 11) is 1.87. The Bertz CT molecular complexity index is 1240. The number of aryl methyl sites for hydroxylation is 1. The van der Waals surface area contributed by atoms with Crippen molar-refractivity contribution in [2.75, 3.05) is 18.5 Å². The first-order valence-electron chi connectivity index (χ1n) is 8.66. The van der Waals surface area contributed by atoms with Gasteiger partial charge in [0.2, 0.25) is 5.95 Å². The van der Waals surface area contributed by atoms with E-state index in [1.807, 2.05) is 25.4 Å². The second-order valence-corrected chi connectivity index (χ2v) is 6.31. The molecule has 2 N–H and O–H groups in total. The average Bonchev–Trinajstić information content (AvgIpc) is 3.34. The van der Waals surface area contributed by atoms with Crippen molar-refractivity contribution in [2.45, 2.75) is 0 Å². The number of aromatic amines is 1. The Kier molecular flexibility index (Phi) is 3.62. The first-order chi connectivity index (χ1) is 13.7. The summed E-state index contributed by atoms with van der Waals surface area (Å²) in [6.07, 6.45) is 6.95. The molecule has 9 nitrogen and oxygen atoms in total. The number of aromatic nitrogens is 5. The Balaban J connectivity index is 1.54. The summed E-state index contributed by atoms with van der Waals surface area (Å²) < 4.78 is 13.5. The number of anilines is 2. The van der Waals surface area contributed by atoms with Gasteiger partial charge in [0, 0.05) is 36.8 Å². The maximum absolute atomic E-state index is 9.11. The van der Waals surface area contributed by atoms with Crippen LogP contribution in [0.1, 0.15) is 5.56 Å². The third-order valence-electron chi connectivity index (χ3n) is 4.50. The van der Waals surface area contributed by atoms with Crippen LogP contribution >= 0.6 is 0 Å². The van der Waals surface area contributed by atoms with Crippen LogP contribution < -0.4 is 14.8 Å². The van der Waals surface area contributed by atoms with E-state index >= 15 is 0 Å². The van der Waals surface area contributed by atoms with E-state index in [-0.39, 0.29) is 0 Å². The van der Waals surface area contributed by atoms with Gasteiger partial charge in [0.05, 0.1) is 22.8 Å². The van der Waals surface area contributed by atoms with Gasteiger partial charge in [0.15, 0.2) is 11.5 Å². The van der Waals surface area contributed by atoms with Gasteiger partial charge in [0.1, 0.15) is 24.9 Å². The summed E-state index contributed by atoms with van der Waals surface area (Å²) in [6, 6.07) is 5.96. The summed E-state index contributed by atoms with van der Waals surface area (Å²) in [5.41, 5.74) is 3.66. The Labute approximate surface area is 159 Å². The predicted molar refractivity (Wildman–Crippen MR) is 102 cm³/mol. The summed E-state index contributed by atoms with van der Waals surface area (Å²) >= 11 is 0. The second-order valence-electron chi connectivity index (χ2n) is 6.31. The minimum absolute atomic E-state index is 0.393. The van der Waals surface area contributed by atoms with Crippen molar-refractivity contribution >= 4 is 22.7 Å². The van der Waals surface area contributed by atoms with Gasteiger partial charge in [-0.2, -0.15) is 15.3 Å². The van der Waals surface area contributed by atoms with Gasteiger partial charge >= 0.3 is 0 Å². The molecule has 1 aliphatic rings. The van der Waals surface area contributed by atoms with Gasteiger partial charge in [0.25, 0.3) is 0 Å². The number of rotatable bonds is 3. The molecule has 0 aliphatic carbocycles. The van der Waals surface area contributed by atoms with E-state index in [1.54, 1.807) is 23.3 Å². The molecule has 0 radical (unpaired) electrons. The zero-order valence-electron chi connectivity index (χ0n) is 14.9. The molecule has 4 heterocycles. The molecule has 0 bridgehead atoms. The van der Waals surface area contributed by atoms with E-state index in [0.29, 0.717) is 52.9 Å². The quantitative estimate of drug-likeness (QED) is 0.567. The number of H-pyrrole nitrogens is 1. The van der Waals surface area contributed by atoms with E-state index < -0.39 is 0 Å². The van der Waals surface area contributed by atoms with Gasteiger partial charge in [-0.3, -0.25) is 4.68 Å². The molecule has 0 unspecified atom stereocenters. The van der Waals surface area contributed by atoms with Crippen LogP contribution in [0.2, 0.25) is 0 Å². The van der Waals surface area contributed by atoms with Crippen molar-refractivity contribution in [3.8, 4) is 28.7 Å². The highest BCUT2D eigenvalue weighted by atomic mass is 16.6. The number of hydrogen-bond acceptors (Lipinski definition) is 7. The minimum atomic E-state index is 0.393. The zero-order chi connectivity index (χ0) is 19.1. The molecule has 0 spiro atoms. The van der Waals surface area contributed by atoms with Gasteiger partial charge in [-0.05, 0) is 12.1 Å². The second kappa shape index (κ2) is 6.28. The number of benzene rings is 1. The van der Waals surface area contributed by atoms with Crippen LogP contribution in [-0.2, 0) is 7.05 Å². The summed E-state index contributed by atoms with van der Waals surface area (Å²) in [5, 5.41) is 17.2. The summed E-state index contributed by atoms with van der Waals surface area (Å²) in [6.45, 7) is 0.936. The van der Waals surface area contributed by atoms with Crippen molar-refractivity contribution in [3.05, 3.63) is 42.5 Å². The first kappa shape index (κ1) is 16.1. The van der Waals surface area contributed by atoms with Gasteiger partial charge in [-0.15, -0.1) is 0 Å². The van der Waals surface area contributed by atoms with Gasteiger partial charge in [-0.25, -0.2) is 4.98 Å². The molecule has 0 saturated heterocycles. The molecular formula is C19H15N7O2. The average molecular weight is 373 g/mol. The zero-order valence-corrected chi connectivity index (χ0v) is 14.9. The van der Waals surface area contributed by atoms with Crippen molar-refractivity contribution in [1.29, 1.82) is 5.26 Å². The van der Waals surface area contributed by atoms with E-state index in [0.717, 1.165) is 11.1 Å². The standard InChI is InChI=1S/C19H15N7O2/c1-26-10-12(8-23-26)13-2-3-15(17-16(13)27-4-5-28-17)24-19-22-9-14-11(6-20)7-21-18(14)25-19/h2-3,7-10H,4-5H2,1H3,(H2,21,22,24,25). The summed E-state index contributed by atoms with van der Waals surface area (Å²) in [4.78, 5) is 11.7. The molecule has 4 aromatic rings. The predicted octanol–water partition coefficient (Wildman–Crippen LogP) is 2.74. The molecule has 0 fully saturated rings. The van der Waals surface area contributed by atoms with Crippen LogP contribution in [0, 0.1) is 11.3 Å². The molecule has 5 rings (SSSR count). The number of hydrogen-bond donors (Lipinski definition) is 2. The molecule has 138 valence electrons. The fourth-order valence-corrected chi connectivity index (χ4v) is 3.20. The number of nitriles is 1. The van der Waals surface area contributed by atoms with Crippen LogP contribution in [0.5, 0.6) is 11.5 Å². The van der Waals surface area contributed by atoms with Crippen LogP contribution in [0.3, 0.4) is 0 Å². The van der Waals surface area contributed by atoms with Crippen molar-refractivity contribution in [3.63, 3.8) is 0 Å². The minimum Gasteiger partial charge on any atom is -0.485 e. The molecule has 0 amide bonds. The number of nitrogens with zero attached hydrogens (tertiary/aromatic N) is 5. The molecule has 1 aromatic carbocycles. The van der Waals surface area contributed by atoms with Crippen LogP contribution in [0.4, 0.5) is 11.6 Å². The fraction of sp³-hybridized carbons (Fsp3) is 0.158. The fourth-order valence-electron chi connectivity index (χ4n) is 3.20. The Morgan fingerprint density at radius 3 is 2.86 bits per heavy atom. The molecule has 0 atom stereocenters. The molecule has 1 aliphatic heterocycles. The molecule has 3 aromatic heterocycles. The smallest absolute Gasteiger partial charge is 0.229 e. The van der Waals surface area contributed by atoms with Crippen molar-refractivity contribution in [2.24, 2.45) is 7.05 Å². The third kappa shape index (κ3) is 2.59. The normalized spacial score (nSPS) is 12.7. The Morgan fingerprint density at radius 2 is 2.07 bits per heavy atom. The lowest BCUT2D eigenvalue weighted by Crippen LogP contribution is -2.17. The van der Waals surface area contributed by atoms with Crippen LogP contribution in [0.15, 0.2) is 36.9 Å². The molecule has 0 saturated carbocycles. The van der Waals surface area contributed by atoms with E-state index in [9.17, 15) is 0 Å². The molecular weight excluding hydrogens is 358 g/mol. The van der Waals surface area contributed by atoms with E-state index in [4.69, 9.17) is 14.7 Å². The number of nitrogens with one attached hydrogen (secondary N) is 2. The number of fused-ring (bicyclic) bond motifs is 2. The SMILES string of the molecule is Cn1cc(-c2ccc(Nc3ncc4c(C#N)c[nH]c4n3)c3c2OCCO3)cn1. The van der Waals surface area contributed by atoms with E-state index in [1.165, 1.54) is 0 Å². The van der Waals surface area contributed by atoms with Crippen molar-refractivity contribution in [1.82, 2.24) is 24.7 Å². The topological polar surface area (TPSA) is 114 Å². The summed E-state index contributed by atoms with van der Waals surface area (Å²) in [5.74, 6) is 1.67.